The molecule has 0 saturated heterocycles. The van der Waals surface area contributed by atoms with Gasteiger partial charge in [0.1, 0.15) is 23.0 Å². The van der Waals surface area contributed by atoms with Crippen molar-refractivity contribution in [2.75, 3.05) is 0 Å². The van der Waals surface area contributed by atoms with Crippen molar-refractivity contribution in [2.45, 2.75) is 37.1 Å². The lowest BCUT2D eigenvalue weighted by Crippen LogP contribution is -2.40. The molecule has 9 rings (SSSR count). The van der Waals surface area contributed by atoms with Gasteiger partial charge in [-0.05, 0) is 127 Å². The second-order valence-electron chi connectivity index (χ2n) is 13.7. The third-order valence-electron chi connectivity index (χ3n) is 10.5. The number of nitrogens with one attached hydrogen (secondary N) is 2. The van der Waals surface area contributed by atoms with Gasteiger partial charge in [0.2, 0.25) is 0 Å². The van der Waals surface area contributed by atoms with E-state index in [1.54, 1.807) is 48.5 Å². The van der Waals surface area contributed by atoms with Gasteiger partial charge in [-0.15, -0.1) is 0 Å². The Morgan fingerprint density at radius 1 is 0.596 bits per heavy atom. The van der Waals surface area contributed by atoms with Crippen LogP contribution in [-0.4, -0.2) is 47.9 Å². The van der Waals surface area contributed by atoms with Crippen molar-refractivity contribution in [1.82, 2.24) is 9.97 Å². The Morgan fingerprint density at radius 3 is 1.88 bits per heavy atom. The summed E-state index contributed by atoms with van der Waals surface area (Å²) in [5.41, 5.74) is 8.47. The molecule has 0 spiro atoms. The van der Waals surface area contributed by atoms with Gasteiger partial charge in [-0.25, -0.2) is 0 Å². The molecule has 0 aliphatic carbocycles. The number of nitrogens with zero attached hydrogens (tertiary/aromatic N) is 2. The molecule has 1 atom stereocenters. The number of aromatic amines is 2. The van der Waals surface area contributed by atoms with Crippen LogP contribution in [-0.2, 0) is 5.41 Å². The molecule has 3 aliphatic heterocycles. The number of benzene rings is 4. The first-order chi connectivity index (χ1) is 25.3. The van der Waals surface area contributed by atoms with Gasteiger partial charge < -0.3 is 30.4 Å². The van der Waals surface area contributed by atoms with Crippen molar-refractivity contribution in [3.63, 3.8) is 0 Å². The number of rotatable bonds is 4. The van der Waals surface area contributed by atoms with Gasteiger partial charge in [-0.1, -0.05) is 48.5 Å². The van der Waals surface area contributed by atoms with Crippen molar-refractivity contribution < 1.29 is 20.4 Å². The fraction of sp³-hybridized carbons (Fsp3) is 0.136. The lowest BCUT2D eigenvalue weighted by atomic mass is 9.66. The van der Waals surface area contributed by atoms with Crippen molar-refractivity contribution in [3.8, 4) is 23.0 Å². The summed E-state index contributed by atoms with van der Waals surface area (Å²) in [7, 11) is 0. The third-order valence-corrected chi connectivity index (χ3v) is 10.5. The standard InChI is InChI=1S/C44H36N4O4/c49-32-9-1-5-26(21-32)42-36-15-13-30(45-36)25-31-14-16-37(46-31)43(27-6-2-10-33(50)22-27)39-18-20-41(48-39)44(40-19-17-38(42)47-40,28-7-3-11-34(51)23-28)29-8-4-12-35(52)24-29/h1-13,15,18,20-25,40,45,48-52H,14,16-17,19H2/b30-25-,42-36-,43-37-. The Kier molecular flexibility index (Phi) is 7.47. The molecule has 0 amide bonds. The Bertz CT molecular complexity index is 2560. The van der Waals surface area contributed by atoms with Crippen LogP contribution in [0.15, 0.2) is 137 Å². The van der Waals surface area contributed by atoms with Crippen molar-refractivity contribution in [3.05, 3.63) is 171 Å². The first kappa shape index (κ1) is 31.4. The van der Waals surface area contributed by atoms with Gasteiger partial charge in [0.25, 0.3) is 0 Å². The number of hydrogen-bond donors (Lipinski definition) is 6. The van der Waals surface area contributed by atoms with E-state index in [4.69, 9.17) is 9.98 Å². The predicted molar refractivity (Wildman–Crippen MR) is 203 cm³/mol. The van der Waals surface area contributed by atoms with Crippen molar-refractivity contribution in [1.29, 1.82) is 0 Å². The van der Waals surface area contributed by atoms with E-state index in [-0.39, 0.29) is 29.0 Å². The zero-order valence-corrected chi connectivity index (χ0v) is 28.2. The molecule has 8 heteroatoms. The molecule has 3 aliphatic rings. The molecular weight excluding hydrogens is 649 g/mol. The lowest BCUT2D eigenvalue weighted by molar-refractivity contribution is 0.445. The fourth-order valence-electron chi connectivity index (χ4n) is 8.33. The summed E-state index contributed by atoms with van der Waals surface area (Å²) < 4.78 is 0. The number of hydrogen-bond acceptors (Lipinski definition) is 6. The normalized spacial score (nSPS) is 20.9. The zero-order valence-electron chi connectivity index (χ0n) is 28.2. The Balaban J connectivity index is 1.41. The molecule has 6 aromatic rings. The van der Waals surface area contributed by atoms with Crippen LogP contribution >= 0.6 is 0 Å². The number of aromatic nitrogens is 2. The molecule has 52 heavy (non-hydrogen) atoms. The van der Waals surface area contributed by atoms with Crippen molar-refractivity contribution >= 4 is 28.6 Å². The van der Waals surface area contributed by atoms with Crippen LogP contribution in [0.2, 0.25) is 0 Å². The minimum Gasteiger partial charge on any atom is -0.508 e. The van der Waals surface area contributed by atoms with Gasteiger partial charge in [0, 0.05) is 44.7 Å². The van der Waals surface area contributed by atoms with Crippen molar-refractivity contribution in [2.24, 2.45) is 9.98 Å². The number of phenols is 4. The largest absolute Gasteiger partial charge is 0.508 e. The monoisotopic (exact) mass is 684 g/mol. The molecule has 8 nitrogen and oxygen atoms in total. The number of aromatic hydroxyl groups is 4. The Labute approximate surface area is 299 Å². The number of fused-ring (bicyclic) bond motifs is 6. The minimum absolute atomic E-state index is 0.121. The van der Waals surface area contributed by atoms with Gasteiger partial charge >= 0.3 is 0 Å². The highest BCUT2D eigenvalue weighted by atomic mass is 16.3. The molecule has 0 saturated carbocycles. The quantitative estimate of drug-likeness (QED) is 0.122. The smallest absolute Gasteiger partial charge is 0.116 e. The summed E-state index contributed by atoms with van der Waals surface area (Å²) in [5, 5.41) is 44.9. The Morgan fingerprint density at radius 2 is 1.23 bits per heavy atom. The summed E-state index contributed by atoms with van der Waals surface area (Å²) in [6.45, 7) is 0. The number of H-pyrrole nitrogens is 2. The Hall–Kier alpha value is -6.54. The molecule has 8 bridgehead atoms. The number of aliphatic imine (C=N–C) groups is 2. The first-order valence-electron chi connectivity index (χ1n) is 17.5. The second kappa shape index (κ2) is 12.3. The van der Waals surface area contributed by atoms with Crippen LogP contribution in [0.1, 0.15) is 59.3 Å². The molecule has 6 N–H and O–H groups in total. The van der Waals surface area contributed by atoms with Crippen LogP contribution in [0.3, 0.4) is 0 Å². The van der Waals surface area contributed by atoms with Crippen LogP contribution in [0.5, 0.6) is 23.0 Å². The lowest BCUT2D eigenvalue weighted by Gasteiger charge is -2.38. The molecule has 4 aromatic carbocycles. The highest BCUT2D eigenvalue weighted by molar-refractivity contribution is 6.24. The molecular formula is C44H36N4O4. The van der Waals surface area contributed by atoms with Crippen LogP contribution in [0.4, 0.5) is 0 Å². The van der Waals surface area contributed by atoms with E-state index in [2.05, 4.69) is 34.2 Å². The van der Waals surface area contributed by atoms with Gasteiger partial charge in [-0.2, -0.15) is 0 Å². The summed E-state index contributed by atoms with van der Waals surface area (Å²) in [6.07, 6.45) is 4.83. The van der Waals surface area contributed by atoms with E-state index in [1.165, 1.54) is 0 Å². The van der Waals surface area contributed by atoms with E-state index in [0.29, 0.717) is 19.3 Å². The van der Waals surface area contributed by atoms with E-state index < -0.39 is 5.41 Å². The average Bonchev–Trinajstić information content (AvgIpc) is 3.96. The molecule has 0 radical (unpaired) electrons. The predicted octanol–water partition coefficient (Wildman–Crippen LogP) is 6.79. The molecule has 1 unspecified atom stereocenters. The van der Waals surface area contributed by atoms with Gasteiger partial charge in [-0.3, -0.25) is 9.98 Å². The maximum atomic E-state index is 11.0. The first-order valence-corrected chi connectivity index (χ1v) is 17.5. The fourth-order valence-corrected chi connectivity index (χ4v) is 8.33. The maximum absolute atomic E-state index is 11.0. The number of phenolic OH excluding ortho intramolecular Hbond substituents is 4. The zero-order chi connectivity index (χ0) is 35.4. The summed E-state index contributed by atoms with van der Waals surface area (Å²) in [5.74, 6) is 0.574. The van der Waals surface area contributed by atoms with E-state index >= 15 is 0 Å². The summed E-state index contributed by atoms with van der Waals surface area (Å²) in [6, 6.07) is 36.9. The summed E-state index contributed by atoms with van der Waals surface area (Å²) >= 11 is 0. The maximum Gasteiger partial charge on any atom is 0.116 e. The van der Waals surface area contributed by atoms with Crippen LogP contribution in [0, 0.1) is 0 Å². The highest BCUT2D eigenvalue weighted by Crippen LogP contribution is 2.49. The van der Waals surface area contributed by atoms with E-state index in [1.807, 2.05) is 54.6 Å². The summed E-state index contributed by atoms with van der Waals surface area (Å²) in [4.78, 5) is 18.2. The molecule has 5 heterocycles. The third kappa shape index (κ3) is 5.31. The topological polar surface area (TPSA) is 137 Å². The second-order valence-corrected chi connectivity index (χ2v) is 13.7. The molecule has 256 valence electrons. The van der Waals surface area contributed by atoms with Gasteiger partial charge in [0.15, 0.2) is 0 Å². The minimum atomic E-state index is -0.994. The molecule has 0 fully saturated rings. The molecule has 2 aromatic heterocycles. The van der Waals surface area contributed by atoms with Crippen LogP contribution < -0.4 is 10.7 Å². The SMILES string of the molecule is Oc1cccc(/C2=C3\CCC(=N3)/C=c3/cc/c([nH]3)=C(\c3cccc(O)c3)C3=NC(CC3)C(c3cccc(O)c3)(c3cccc(O)c3)c3ccc2[nH]3)c1. The van der Waals surface area contributed by atoms with Crippen LogP contribution in [0.25, 0.3) is 17.2 Å². The highest BCUT2D eigenvalue weighted by Gasteiger charge is 2.47. The van der Waals surface area contributed by atoms with E-state index in [0.717, 1.165) is 79.0 Å². The van der Waals surface area contributed by atoms with E-state index in [9.17, 15) is 20.4 Å². The average molecular weight is 685 g/mol. The van der Waals surface area contributed by atoms with Gasteiger partial charge in [0.05, 0.1) is 17.2 Å². The number of allylic oxidation sites excluding steroid dienone is 1.